The molecule has 1 unspecified atom stereocenters. The lowest BCUT2D eigenvalue weighted by molar-refractivity contribution is -0.137. The van der Waals surface area contributed by atoms with Crippen molar-refractivity contribution < 1.29 is 13.2 Å². The molecule has 0 aliphatic carbocycles. The molecule has 4 nitrogen and oxygen atoms in total. The molecule has 1 aliphatic heterocycles. The van der Waals surface area contributed by atoms with Gasteiger partial charge in [-0.2, -0.15) is 18.3 Å². The van der Waals surface area contributed by atoms with Crippen molar-refractivity contribution in [3.63, 3.8) is 0 Å². The molecule has 1 aliphatic rings. The van der Waals surface area contributed by atoms with E-state index >= 15 is 0 Å². The SMILES string of the molecule is FC(F)(F)c1ccc2nc(C3CCCCNC3)nn2c1. The Bertz CT molecular complexity index is 597. The van der Waals surface area contributed by atoms with E-state index in [1.54, 1.807) is 0 Å². The Labute approximate surface area is 114 Å². The number of pyridine rings is 1. The number of nitrogens with one attached hydrogen (secondary N) is 1. The van der Waals surface area contributed by atoms with E-state index in [1.165, 1.54) is 10.6 Å². The Hall–Kier alpha value is -1.63. The Balaban J connectivity index is 1.93. The van der Waals surface area contributed by atoms with Crippen LogP contribution in [-0.4, -0.2) is 27.7 Å². The summed E-state index contributed by atoms with van der Waals surface area (Å²) in [4.78, 5) is 4.35. The first-order valence-electron chi connectivity index (χ1n) is 6.68. The van der Waals surface area contributed by atoms with E-state index < -0.39 is 11.7 Å². The molecule has 1 saturated heterocycles. The molecule has 0 bridgehead atoms. The van der Waals surface area contributed by atoms with Crippen molar-refractivity contribution in [2.24, 2.45) is 0 Å². The molecule has 0 spiro atoms. The van der Waals surface area contributed by atoms with Crippen molar-refractivity contribution >= 4 is 5.65 Å². The number of halogens is 3. The van der Waals surface area contributed by atoms with Crippen LogP contribution in [0.1, 0.15) is 36.6 Å². The number of alkyl halides is 3. The summed E-state index contributed by atoms with van der Waals surface area (Å²) < 4.78 is 39.2. The zero-order valence-electron chi connectivity index (χ0n) is 10.8. The maximum atomic E-state index is 12.7. The van der Waals surface area contributed by atoms with E-state index in [4.69, 9.17) is 0 Å². The lowest BCUT2D eigenvalue weighted by Gasteiger charge is -2.08. The van der Waals surface area contributed by atoms with Gasteiger partial charge in [0.1, 0.15) is 0 Å². The average molecular weight is 284 g/mol. The third kappa shape index (κ3) is 2.63. The van der Waals surface area contributed by atoms with Crippen molar-refractivity contribution in [2.45, 2.75) is 31.4 Å². The van der Waals surface area contributed by atoms with Crippen LogP contribution in [0.3, 0.4) is 0 Å². The minimum atomic E-state index is -4.36. The minimum Gasteiger partial charge on any atom is -0.316 e. The lowest BCUT2D eigenvalue weighted by atomic mass is 10.0. The molecule has 108 valence electrons. The Kier molecular flexibility index (Phi) is 3.37. The molecule has 20 heavy (non-hydrogen) atoms. The molecular formula is C13H15F3N4. The number of rotatable bonds is 1. The fourth-order valence-corrected chi connectivity index (χ4v) is 2.48. The van der Waals surface area contributed by atoms with E-state index in [0.717, 1.165) is 44.6 Å². The van der Waals surface area contributed by atoms with Gasteiger partial charge in [-0.15, -0.1) is 0 Å². The van der Waals surface area contributed by atoms with Gasteiger partial charge in [-0.1, -0.05) is 6.42 Å². The molecule has 1 fully saturated rings. The number of hydrogen-bond acceptors (Lipinski definition) is 3. The average Bonchev–Trinajstić information content (AvgIpc) is 2.63. The van der Waals surface area contributed by atoms with Crippen LogP contribution in [0.5, 0.6) is 0 Å². The highest BCUT2D eigenvalue weighted by molar-refractivity contribution is 5.39. The van der Waals surface area contributed by atoms with Crippen LogP contribution in [0.2, 0.25) is 0 Å². The third-order valence-corrected chi connectivity index (χ3v) is 3.59. The van der Waals surface area contributed by atoms with E-state index in [-0.39, 0.29) is 5.92 Å². The maximum Gasteiger partial charge on any atom is 0.417 e. The molecule has 0 saturated carbocycles. The summed E-state index contributed by atoms with van der Waals surface area (Å²) in [5.41, 5.74) is -0.252. The molecule has 3 rings (SSSR count). The smallest absolute Gasteiger partial charge is 0.316 e. The van der Waals surface area contributed by atoms with Gasteiger partial charge >= 0.3 is 6.18 Å². The van der Waals surface area contributed by atoms with Gasteiger partial charge in [0.2, 0.25) is 0 Å². The Morgan fingerprint density at radius 3 is 2.90 bits per heavy atom. The van der Waals surface area contributed by atoms with Crippen LogP contribution < -0.4 is 5.32 Å². The normalized spacial score (nSPS) is 21.1. The number of nitrogens with zero attached hydrogens (tertiary/aromatic N) is 3. The van der Waals surface area contributed by atoms with Crippen molar-refractivity contribution in [3.8, 4) is 0 Å². The third-order valence-electron chi connectivity index (χ3n) is 3.59. The quantitative estimate of drug-likeness (QED) is 0.875. The van der Waals surface area contributed by atoms with Crippen molar-refractivity contribution in [1.29, 1.82) is 0 Å². The van der Waals surface area contributed by atoms with E-state index in [2.05, 4.69) is 15.4 Å². The van der Waals surface area contributed by atoms with Gasteiger partial charge < -0.3 is 5.32 Å². The van der Waals surface area contributed by atoms with Crippen LogP contribution in [0.25, 0.3) is 5.65 Å². The van der Waals surface area contributed by atoms with Gasteiger partial charge in [0, 0.05) is 18.7 Å². The standard InChI is InChI=1S/C13H15F3N4/c14-13(15,16)10-4-5-11-18-12(19-20(11)8-10)9-3-1-2-6-17-7-9/h4-5,8-9,17H,1-3,6-7H2. The molecule has 0 amide bonds. The Morgan fingerprint density at radius 2 is 2.10 bits per heavy atom. The summed E-state index contributed by atoms with van der Waals surface area (Å²) in [6, 6.07) is 2.41. The summed E-state index contributed by atoms with van der Waals surface area (Å²) in [6.45, 7) is 1.76. The predicted octanol–water partition coefficient (Wildman–Crippen LogP) is 2.61. The molecule has 0 radical (unpaired) electrons. The van der Waals surface area contributed by atoms with Gasteiger partial charge in [-0.05, 0) is 31.5 Å². The first kappa shape index (κ1) is 13.4. The number of fused-ring (bicyclic) bond motifs is 1. The highest BCUT2D eigenvalue weighted by atomic mass is 19.4. The van der Waals surface area contributed by atoms with Crippen LogP contribution in [-0.2, 0) is 6.18 Å². The van der Waals surface area contributed by atoms with E-state index in [0.29, 0.717) is 11.5 Å². The monoisotopic (exact) mass is 284 g/mol. The molecule has 2 aromatic rings. The molecule has 2 aromatic heterocycles. The summed E-state index contributed by atoms with van der Waals surface area (Å²) >= 11 is 0. The fourth-order valence-electron chi connectivity index (χ4n) is 2.48. The van der Waals surface area contributed by atoms with Gasteiger partial charge in [0.25, 0.3) is 0 Å². The van der Waals surface area contributed by atoms with Crippen LogP contribution in [0.4, 0.5) is 13.2 Å². The zero-order chi connectivity index (χ0) is 14.2. The van der Waals surface area contributed by atoms with Gasteiger partial charge in [-0.3, -0.25) is 0 Å². The molecular weight excluding hydrogens is 269 g/mol. The van der Waals surface area contributed by atoms with E-state index in [1.807, 2.05) is 0 Å². The minimum absolute atomic E-state index is 0.173. The molecule has 1 N–H and O–H groups in total. The van der Waals surface area contributed by atoms with Crippen molar-refractivity contribution in [1.82, 2.24) is 19.9 Å². The highest BCUT2D eigenvalue weighted by Gasteiger charge is 2.31. The molecule has 3 heterocycles. The second-order valence-corrected chi connectivity index (χ2v) is 5.09. The topological polar surface area (TPSA) is 42.2 Å². The van der Waals surface area contributed by atoms with Crippen molar-refractivity contribution in [3.05, 3.63) is 29.7 Å². The lowest BCUT2D eigenvalue weighted by Crippen LogP contribution is -2.20. The zero-order valence-corrected chi connectivity index (χ0v) is 10.8. The van der Waals surface area contributed by atoms with Crippen molar-refractivity contribution in [2.75, 3.05) is 13.1 Å². The summed E-state index contributed by atoms with van der Waals surface area (Å²) in [5.74, 6) is 0.797. The van der Waals surface area contributed by atoms with Gasteiger partial charge in [0.15, 0.2) is 11.5 Å². The summed E-state index contributed by atoms with van der Waals surface area (Å²) in [6.07, 6.45) is -0.195. The largest absolute Gasteiger partial charge is 0.417 e. The number of aromatic nitrogens is 3. The molecule has 1 atom stereocenters. The Morgan fingerprint density at radius 1 is 1.25 bits per heavy atom. The van der Waals surface area contributed by atoms with Crippen LogP contribution in [0, 0.1) is 0 Å². The second kappa shape index (κ2) is 5.05. The van der Waals surface area contributed by atoms with Gasteiger partial charge in [0.05, 0.1) is 5.56 Å². The summed E-state index contributed by atoms with van der Waals surface area (Å²) in [5, 5.41) is 7.52. The number of hydrogen-bond donors (Lipinski definition) is 1. The van der Waals surface area contributed by atoms with Crippen LogP contribution in [0.15, 0.2) is 18.3 Å². The predicted molar refractivity (Wildman–Crippen MR) is 67.5 cm³/mol. The second-order valence-electron chi connectivity index (χ2n) is 5.09. The van der Waals surface area contributed by atoms with Crippen LogP contribution >= 0.6 is 0 Å². The van der Waals surface area contributed by atoms with E-state index in [9.17, 15) is 13.2 Å². The summed E-state index contributed by atoms with van der Waals surface area (Å²) in [7, 11) is 0. The molecule has 7 heteroatoms. The fraction of sp³-hybridized carbons (Fsp3) is 0.538. The highest BCUT2D eigenvalue weighted by Crippen LogP contribution is 2.29. The van der Waals surface area contributed by atoms with Gasteiger partial charge in [-0.25, -0.2) is 9.50 Å². The first-order chi connectivity index (χ1) is 9.54. The molecule has 0 aromatic carbocycles. The maximum absolute atomic E-state index is 12.7. The first-order valence-corrected chi connectivity index (χ1v) is 6.68.